The lowest BCUT2D eigenvalue weighted by Crippen LogP contribution is -2.22. The van der Waals surface area contributed by atoms with Crippen LogP contribution >= 0.6 is 24.2 Å². The molecular formula is C18H13ClFN3O2S. The number of hydrogen-bond acceptors (Lipinski definition) is 4. The molecule has 3 aromatic rings. The van der Waals surface area contributed by atoms with E-state index in [0.29, 0.717) is 5.02 Å². The predicted octanol–water partition coefficient (Wildman–Crippen LogP) is 3.81. The summed E-state index contributed by atoms with van der Waals surface area (Å²) < 4.78 is 20.9. The van der Waals surface area contributed by atoms with Crippen molar-refractivity contribution in [3.8, 4) is 0 Å². The number of aromatic nitrogens is 3. The summed E-state index contributed by atoms with van der Waals surface area (Å²) in [6, 6.07) is 13.4. The minimum atomic E-state index is -0.829. The van der Waals surface area contributed by atoms with Gasteiger partial charge in [0.1, 0.15) is 23.8 Å². The smallest absolute Gasteiger partial charge is 0.253 e. The SMILES string of the molecule is O=C(S)c1ncnn1C[C@@]1(c2ccc(F)cc2)O[C@@H]1c1ccccc1Cl. The largest absolute Gasteiger partial charge is 0.354 e. The first-order valence-corrected chi connectivity index (χ1v) is 8.63. The van der Waals surface area contributed by atoms with Crippen LogP contribution < -0.4 is 0 Å². The van der Waals surface area contributed by atoms with E-state index in [1.54, 1.807) is 18.2 Å². The van der Waals surface area contributed by atoms with Crippen LogP contribution in [0.2, 0.25) is 5.02 Å². The van der Waals surface area contributed by atoms with E-state index in [9.17, 15) is 9.18 Å². The minimum Gasteiger partial charge on any atom is -0.354 e. The number of thiol groups is 1. The van der Waals surface area contributed by atoms with Gasteiger partial charge in [-0.15, -0.1) is 0 Å². The number of carbonyl (C=O) groups is 1. The van der Waals surface area contributed by atoms with Gasteiger partial charge in [0, 0.05) is 10.6 Å². The predicted molar refractivity (Wildman–Crippen MR) is 96.7 cm³/mol. The number of ether oxygens (including phenoxy) is 1. The van der Waals surface area contributed by atoms with Gasteiger partial charge in [-0.25, -0.2) is 14.1 Å². The first-order chi connectivity index (χ1) is 12.5. The highest BCUT2D eigenvalue weighted by Crippen LogP contribution is 2.59. The molecule has 0 N–H and O–H groups in total. The topological polar surface area (TPSA) is 60.3 Å². The quantitative estimate of drug-likeness (QED) is 0.532. The third kappa shape index (κ3) is 2.92. The summed E-state index contributed by atoms with van der Waals surface area (Å²) >= 11 is 10.2. The summed E-state index contributed by atoms with van der Waals surface area (Å²) in [6.07, 6.45) is 0.933. The Labute approximate surface area is 159 Å². The highest BCUT2D eigenvalue weighted by Gasteiger charge is 2.59. The molecule has 132 valence electrons. The third-order valence-corrected chi connectivity index (χ3v) is 4.95. The summed E-state index contributed by atoms with van der Waals surface area (Å²) in [5, 5.41) is 4.19. The van der Waals surface area contributed by atoms with Gasteiger partial charge in [0.05, 0.1) is 6.54 Å². The molecule has 0 unspecified atom stereocenters. The molecule has 1 aromatic heterocycles. The van der Waals surface area contributed by atoms with E-state index >= 15 is 0 Å². The average molecular weight is 390 g/mol. The number of rotatable bonds is 5. The maximum Gasteiger partial charge on any atom is 0.253 e. The molecule has 2 aromatic carbocycles. The maximum atomic E-state index is 13.4. The lowest BCUT2D eigenvalue weighted by molar-refractivity contribution is 0.107. The molecule has 1 aliphatic heterocycles. The van der Waals surface area contributed by atoms with Gasteiger partial charge < -0.3 is 4.74 Å². The molecule has 2 atom stereocenters. The number of epoxide rings is 1. The highest BCUT2D eigenvalue weighted by atomic mass is 35.5. The molecular weight excluding hydrogens is 377 g/mol. The zero-order valence-electron chi connectivity index (χ0n) is 13.3. The number of hydrogen-bond donors (Lipinski definition) is 1. The fourth-order valence-corrected chi connectivity index (χ4v) is 3.52. The first kappa shape index (κ1) is 17.2. The lowest BCUT2D eigenvalue weighted by atomic mass is 9.91. The van der Waals surface area contributed by atoms with E-state index in [2.05, 4.69) is 22.7 Å². The van der Waals surface area contributed by atoms with Crippen LogP contribution in [0.25, 0.3) is 0 Å². The molecule has 1 saturated heterocycles. The summed E-state index contributed by atoms with van der Waals surface area (Å²) in [6.45, 7) is 0.218. The lowest BCUT2D eigenvalue weighted by Gasteiger charge is -2.15. The van der Waals surface area contributed by atoms with Gasteiger partial charge >= 0.3 is 0 Å². The van der Waals surface area contributed by atoms with Crippen LogP contribution in [0.5, 0.6) is 0 Å². The van der Waals surface area contributed by atoms with Crippen molar-refractivity contribution in [1.29, 1.82) is 0 Å². The van der Waals surface area contributed by atoms with E-state index in [1.165, 1.54) is 23.1 Å². The molecule has 5 nitrogen and oxygen atoms in total. The standard InChI is InChI=1S/C18H13ClFN3O2S/c19-14-4-2-1-3-13(14)15-18(25-15,11-5-7-12(20)8-6-11)9-23-16(17(24)26)21-10-22-23/h1-8,10,15H,9H2,(H,24,26)/t15-,18+/m1/s1. The van der Waals surface area contributed by atoms with Gasteiger partial charge in [-0.2, -0.15) is 5.10 Å². The van der Waals surface area contributed by atoms with Crippen LogP contribution in [0.4, 0.5) is 4.39 Å². The summed E-state index contributed by atoms with van der Waals surface area (Å²) in [5.41, 5.74) is 0.749. The van der Waals surface area contributed by atoms with Gasteiger partial charge in [-0.3, -0.25) is 4.79 Å². The fraction of sp³-hybridized carbons (Fsp3) is 0.167. The number of benzene rings is 2. The Balaban J connectivity index is 1.77. The number of halogens is 2. The van der Waals surface area contributed by atoms with E-state index in [1.807, 2.05) is 18.2 Å². The molecule has 1 fully saturated rings. The van der Waals surface area contributed by atoms with E-state index in [4.69, 9.17) is 16.3 Å². The van der Waals surface area contributed by atoms with Gasteiger partial charge in [0.25, 0.3) is 5.12 Å². The van der Waals surface area contributed by atoms with Gasteiger partial charge in [0.15, 0.2) is 0 Å². The van der Waals surface area contributed by atoms with Crippen LogP contribution in [-0.4, -0.2) is 19.9 Å². The molecule has 26 heavy (non-hydrogen) atoms. The van der Waals surface area contributed by atoms with Gasteiger partial charge in [-0.1, -0.05) is 54.6 Å². The summed E-state index contributed by atoms with van der Waals surface area (Å²) in [7, 11) is 0. The average Bonchev–Trinajstić information content (AvgIpc) is 3.13. The van der Waals surface area contributed by atoms with Crippen LogP contribution in [0.1, 0.15) is 27.8 Å². The maximum absolute atomic E-state index is 13.4. The normalized spacial score (nSPS) is 21.6. The van der Waals surface area contributed by atoms with Crippen LogP contribution in [-0.2, 0) is 16.9 Å². The van der Waals surface area contributed by atoms with Crippen molar-refractivity contribution in [2.45, 2.75) is 18.2 Å². The molecule has 1 aliphatic rings. The Hall–Kier alpha value is -2.22. The van der Waals surface area contributed by atoms with E-state index < -0.39 is 10.7 Å². The van der Waals surface area contributed by atoms with Crippen molar-refractivity contribution in [2.75, 3.05) is 0 Å². The van der Waals surface area contributed by atoms with Crippen molar-refractivity contribution in [2.24, 2.45) is 0 Å². The second-order valence-corrected chi connectivity index (χ2v) is 6.78. The van der Waals surface area contributed by atoms with Crippen molar-refractivity contribution in [3.05, 3.63) is 82.6 Å². The zero-order valence-corrected chi connectivity index (χ0v) is 15.0. The van der Waals surface area contributed by atoms with Crippen LogP contribution in [0.15, 0.2) is 54.9 Å². The first-order valence-electron chi connectivity index (χ1n) is 7.80. The van der Waals surface area contributed by atoms with Crippen LogP contribution in [0.3, 0.4) is 0 Å². The van der Waals surface area contributed by atoms with Crippen molar-refractivity contribution >= 4 is 29.3 Å². The van der Waals surface area contributed by atoms with Gasteiger partial charge in [-0.05, 0) is 23.8 Å². The Bertz CT molecular complexity index is 979. The van der Waals surface area contributed by atoms with E-state index in [-0.39, 0.29) is 24.3 Å². The third-order valence-electron chi connectivity index (χ3n) is 4.41. The molecule has 0 aliphatic carbocycles. The van der Waals surface area contributed by atoms with Gasteiger partial charge in [0.2, 0.25) is 5.82 Å². The Kier molecular flexibility index (Phi) is 4.30. The second kappa shape index (κ2) is 6.50. The summed E-state index contributed by atoms with van der Waals surface area (Å²) in [5.74, 6) is -0.228. The number of nitrogens with zero attached hydrogens (tertiary/aromatic N) is 3. The molecule has 0 amide bonds. The van der Waals surface area contributed by atoms with E-state index in [0.717, 1.165) is 11.1 Å². The zero-order chi connectivity index (χ0) is 18.3. The molecule has 0 spiro atoms. The second-order valence-electron chi connectivity index (χ2n) is 5.96. The molecule has 8 heteroatoms. The van der Waals surface area contributed by atoms with Crippen molar-refractivity contribution in [3.63, 3.8) is 0 Å². The molecule has 4 rings (SSSR count). The monoisotopic (exact) mass is 389 g/mol. The highest BCUT2D eigenvalue weighted by molar-refractivity contribution is 7.97. The molecule has 0 radical (unpaired) electrons. The Morgan fingerprint density at radius 2 is 2.00 bits per heavy atom. The fourth-order valence-electron chi connectivity index (χ4n) is 3.11. The van der Waals surface area contributed by atoms with Crippen molar-refractivity contribution < 1.29 is 13.9 Å². The van der Waals surface area contributed by atoms with Crippen LogP contribution in [0, 0.1) is 5.82 Å². The molecule has 0 saturated carbocycles. The van der Waals surface area contributed by atoms with Crippen molar-refractivity contribution in [1.82, 2.24) is 14.8 Å². The number of carbonyl (C=O) groups excluding carboxylic acids is 1. The Morgan fingerprint density at radius 3 is 2.69 bits per heavy atom. The molecule has 0 bridgehead atoms. The summed E-state index contributed by atoms with van der Waals surface area (Å²) in [4.78, 5) is 15.6. The Morgan fingerprint density at radius 1 is 1.27 bits per heavy atom. The minimum absolute atomic E-state index is 0.114. The molecule has 2 heterocycles.